The summed E-state index contributed by atoms with van der Waals surface area (Å²) < 4.78 is 11.3. The number of nitrogens with one attached hydrogen (secondary N) is 2. The molecule has 2 rings (SSSR count). The Labute approximate surface area is 131 Å². The van der Waals surface area contributed by atoms with Crippen molar-refractivity contribution in [3.05, 3.63) is 60.2 Å². The maximum atomic E-state index is 12.0. The molecule has 0 unspecified atom stereocenters. The number of aliphatic hydroxyl groups is 1. The van der Waals surface area contributed by atoms with Crippen LogP contribution in [-0.4, -0.2) is 28.2 Å². The van der Waals surface area contributed by atoms with Gasteiger partial charge >= 0.3 is 6.03 Å². The van der Waals surface area contributed by atoms with Crippen LogP contribution in [0.3, 0.4) is 0 Å². The molecule has 2 aromatic rings. The van der Waals surface area contributed by atoms with Crippen LogP contribution in [0.4, 0.5) is 10.5 Å². The molecule has 22 heavy (non-hydrogen) atoms. The zero-order chi connectivity index (χ0) is 15.9. The highest BCUT2D eigenvalue weighted by atomic mass is 32.2. The van der Waals surface area contributed by atoms with E-state index in [1.165, 1.54) is 0 Å². The van der Waals surface area contributed by atoms with Crippen LogP contribution in [-0.2, 0) is 10.8 Å². The van der Waals surface area contributed by atoms with Gasteiger partial charge in [0, 0.05) is 27.6 Å². The molecular weight excluding hydrogens is 300 g/mol. The lowest BCUT2D eigenvalue weighted by Crippen LogP contribution is -2.34. The molecule has 3 N–H and O–H groups in total. The van der Waals surface area contributed by atoms with E-state index >= 15 is 0 Å². The molecule has 0 saturated carbocycles. The van der Waals surface area contributed by atoms with Gasteiger partial charge in [0.25, 0.3) is 0 Å². The number of hydrogen-bond acceptors (Lipinski definition) is 3. The van der Waals surface area contributed by atoms with Crippen LogP contribution < -0.4 is 10.6 Å². The molecule has 6 heteroatoms. The van der Waals surface area contributed by atoms with Crippen LogP contribution in [0.2, 0.25) is 0 Å². The normalized spacial score (nSPS) is 13.2. The van der Waals surface area contributed by atoms with Crippen LogP contribution in [0.15, 0.2) is 59.5 Å². The van der Waals surface area contributed by atoms with Crippen LogP contribution >= 0.6 is 0 Å². The molecule has 0 bridgehead atoms. The highest BCUT2D eigenvalue weighted by Gasteiger charge is 2.13. The van der Waals surface area contributed by atoms with Crippen LogP contribution in [0, 0.1) is 0 Å². The number of rotatable bonds is 5. The largest absolute Gasteiger partial charge is 0.394 e. The van der Waals surface area contributed by atoms with Gasteiger partial charge in [0.2, 0.25) is 0 Å². The van der Waals surface area contributed by atoms with Gasteiger partial charge in [0.05, 0.1) is 12.6 Å². The highest BCUT2D eigenvalue weighted by Crippen LogP contribution is 2.14. The van der Waals surface area contributed by atoms with E-state index in [4.69, 9.17) is 0 Å². The van der Waals surface area contributed by atoms with Gasteiger partial charge in [-0.2, -0.15) is 0 Å². The average Bonchev–Trinajstić information content (AvgIpc) is 2.54. The first-order valence-corrected chi connectivity index (χ1v) is 8.33. The molecule has 0 radical (unpaired) electrons. The lowest BCUT2D eigenvalue weighted by molar-refractivity contribution is 0.225. The smallest absolute Gasteiger partial charge is 0.319 e. The fourth-order valence-electron chi connectivity index (χ4n) is 1.98. The number of anilines is 1. The Morgan fingerprint density at radius 1 is 1.14 bits per heavy atom. The topological polar surface area (TPSA) is 78.4 Å². The second-order valence-corrected chi connectivity index (χ2v) is 6.10. The number of carbonyl (C=O) groups is 1. The van der Waals surface area contributed by atoms with E-state index in [9.17, 15) is 14.1 Å². The summed E-state index contributed by atoms with van der Waals surface area (Å²) in [5, 5.41) is 14.8. The molecule has 0 heterocycles. The van der Waals surface area contributed by atoms with E-state index in [0.29, 0.717) is 10.6 Å². The third kappa shape index (κ3) is 4.41. The van der Waals surface area contributed by atoms with Gasteiger partial charge in [-0.15, -0.1) is 0 Å². The van der Waals surface area contributed by atoms with Gasteiger partial charge in [-0.25, -0.2) is 4.79 Å². The first-order valence-electron chi connectivity index (χ1n) is 6.77. The molecule has 5 nitrogen and oxygen atoms in total. The minimum Gasteiger partial charge on any atom is -0.394 e. The Morgan fingerprint density at radius 3 is 2.32 bits per heavy atom. The molecule has 0 fully saturated rings. The Morgan fingerprint density at radius 2 is 1.77 bits per heavy atom. The summed E-state index contributed by atoms with van der Waals surface area (Å²) in [6.07, 6.45) is 1.60. The van der Waals surface area contributed by atoms with E-state index in [1.54, 1.807) is 30.5 Å². The first-order chi connectivity index (χ1) is 10.6. The fourth-order valence-corrected chi connectivity index (χ4v) is 2.49. The summed E-state index contributed by atoms with van der Waals surface area (Å²) in [4.78, 5) is 12.7. The predicted molar refractivity (Wildman–Crippen MR) is 87.2 cm³/mol. The van der Waals surface area contributed by atoms with Crippen molar-refractivity contribution >= 4 is 22.5 Å². The van der Waals surface area contributed by atoms with E-state index in [1.807, 2.05) is 30.3 Å². The summed E-state index contributed by atoms with van der Waals surface area (Å²) in [6.45, 7) is -0.189. The minimum absolute atomic E-state index is 0.189. The van der Waals surface area contributed by atoms with E-state index in [-0.39, 0.29) is 6.61 Å². The number of aliphatic hydroxyl groups excluding tert-OH is 1. The maximum Gasteiger partial charge on any atom is 0.319 e. The van der Waals surface area contributed by atoms with Gasteiger partial charge in [0.1, 0.15) is 0 Å². The van der Waals surface area contributed by atoms with Crippen molar-refractivity contribution in [2.75, 3.05) is 18.2 Å². The maximum absolute atomic E-state index is 12.0. The zero-order valence-electron chi connectivity index (χ0n) is 12.2. The van der Waals surface area contributed by atoms with Crippen molar-refractivity contribution in [2.45, 2.75) is 10.9 Å². The van der Waals surface area contributed by atoms with E-state index < -0.39 is 22.9 Å². The summed E-state index contributed by atoms with van der Waals surface area (Å²) in [5.41, 5.74) is 1.42. The third-order valence-electron chi connectivity index (χ3n) is 3.13. The number of urea groups is 1. The second-order valence-electron chi connectivity index (χ2n) is 4.72. The first kappa shape index (κ1) is 16.2. The molecule has 2 aromatic carbocycles. The molecule has 0 aliphatic rings. The second kappa shape index (κ2) is 7.72. The highest BCUT2D eigenvalue weighted by molar-refractivity contribution is 7.84. The summed E-state index contributed by atoms with van der Waals surface area (Å²) in [6, 6.07) is 15.1. The standard InChI is InChI=1S/C16H18N2O3S/c1-22(21)14-9-7-13(8-10-14)17-16(20)18-15(11-19)12-5-3-2-4-6-12/h2-10,15,19H,11H2,1H3,(H2,17,18,20)/t15-,22+/m1/s1. The summed E-state index contributed by atoms with van der Waals surface area (Å²) in [5.74, 6) is 0. The minimum atomic E-state index is -1.05. The molecule has 0 spiro atoms. The lowest BCUT2D eigenvalue weighted by atomic mass is 10.1. The van der Waals surface area contributed by atoms with Crippen molar-refractivity contribution in [3.63, 3.8) is 0 Å². The van der Waals surface area contributed by atoms with Gasteiger partial charge in [-0.05, 0) is 29.8 Å². The Balaban J connectivity index is 1.98. The molecule has 2 amide bonds. The number of carbonyl (C=O) groups excluding carboxylic acids is 1. The Hall–Kier alpha value is -2.18. The van der Waals surface area contributed by atoms with Gasteiger partial charge < -0.3 is 15.7 Å². The number of amides is 2. The number of benzene rings is 2. The van der Waals surface area contributed by atoms with E-state index in [2.05, 4.69) is 10.6 Å². The number of hydrogen-bond donors (Lipinski definition) is 3. The van der Waals surface area contributed by atoms with Crippen molar-refractivity contribution < 1.29 is 14.1 Å². The quantitative estimate of drug-likeness (QED) is 0.791. The van der Waals surface area contributed by atoms with Gasteiger partial charge in [0.15, 0.2) is 0 Å². The van der Waals surface area contributed by atoms with Crippen molar-refractivity contribution in [1.82, 2.24) is 5.32 Å². The zero-order valence-corrected chi connectivity index (χ0v) is 13.0. The Bertz CT molecular complexity index is 644. The molecule has 0 aliphatic heterocycles. The average molecular weight is 318 g/mol. The van der Waals surface area contributed by atoms with Gasteiger partial charge in [-0.3, -0.25) is 4.21 Å². The molecule has 0 saturated heterocycles. The third-order valence-corrected chi connectivity index (χ3v) is 4.07. The van der Waals surface area contributed by atoms with Crippen molar-refractivity contribution in [2.24, 2.45) is 0 Å². The molecule has 116 valence electrons. The SMILES string of the molecule is C[S@](=O)c1ccc(NC(=O)N[C@H](CO)c2ccccc2)cc1. The molecule has 2 atom stereocenters. The molecule has 0 aliphatic carbocycles. The van der Waals surface area contributed by atoms with Crippen LogP contribution in [0.25, 0.3) is 0 Å². The lowest BCUT2D eigenvalue weighted by Gasteiger charge is -2.17. The molecular formula is C16H18N2O3S. The van der Waals surface area contributed by atoms with Crippen LogP contribution in [0.5, 0.6) is 0 Å². The fraction of sp³-hybridized carbons (Fsp3) is 0.188. The van der Waals surface area contributed by atoms with Crippen molar-refractivity contribution in [3.8, 4) is 0 Å². The van der Waals surface area contributed by atoms with Gasteiger partial charge in [-0.1, -0.05) is 30.3 Å². The van der Waals surface area contributed by atoms with Crippen molar-refractivity contribution in [1.29, 1.82) is 0 Å². The summed E-state index contributed by atoms with van der Waals surface area (Å²) in [7, 11) is -1.05. The molecule has 0 aromatic heterocycles. The van der Waals surface area contributed by atoms with Crippen LogP contribution in [0.1, 0.15) is 11.6 Å². The van der Waals surface area contributed by atoms with E-state index in [0.717, 1.165) is 5.56 Å². The monoisotopic (exact) mass is 318 g/mol. The predicted octanol–water partition coefficient (Wildman–Crippen LogP) is 2.28. The Kier molecular flexibility index (Phi) is 5.68. The summed E-state index contributed by atoms with van der Waals surface area (Å²) >= 11 is 0.